The third-order valence-electron chi connectivity index (χ3n) is 3.76. The van der Waals surface area contributed by atoms with Crippen molar-refractivity contribution in [3.8, 4) is 11.5 Å². The topological polar surface area (TPSA) is 78.3 Å². The van der Waals surface area contributed by atoms with Crippen molar-refractivity contribution in [2.24, 2.45) is 7.05 Å². The van der Waals surface area contributed by atoms with Crippen LogP contribution in [-0.2, 0) is 24.4 Å². The second-order valence-electron chi connectivity index (χ2n) is 5.73. The normalized spacial score (nSPS) is 13.5. The van der Waals surface area contributed by atoms with Gasteiger partial charge in [-0.25, -0.2) is 0 Å². The van der Waals surface area contributed by atoms with Crippen LogP contribution in [0.4, 0.5) is 13.2 Å². The van der Waals surface area contributed by atoms with E-state index in [9.17, 15) is 18.0 Å². The molecule has 3 rings (SSSR count). The van der Waals surface area contributed by atoms with E-state index in [0.717, 1.165) is 21.9 Å². The van der Waals surface area contributed by atoms with Crippen molar-refractivity contribution in [2.75, 3.05) is 25.5 Å². The maximum absolute atomic E-state index is 12.7. The van der Waals surface area contributed by atoms with E-state index in [1.807, 2.05) is 18.2 Å². The number of hydrogen-bond donors (Lipinski definition) is 1. The molecule has 0 spiro atoms. The molecule has 0 atom stereocenters. The Morgan fingerprint density at radius 2 is 2.00 bits per heavy atom. The number of amides is 1. The molecule has 0 saturated carbocycles. The lowest BCUT2D eigenvalue weighted by Gasteiger charge is -2.18. The summed E-state index contributed by atoms with van der Waals surface area (Å²) in [5.41, 5.74) is 0.982. The Balaban J connectivity index is 1.45. The van der Waals surface area contributed by atoms with Gasteiger partial charge in [-0.3, -0.25) is 4.79 Å². The Labute approximate surface area is 157 Å². The summed E-state index contributed by atoms with van der Waals surface area (Å²) in [4.78, 5) is 11.9. The van der Waals surface area contributed by atoms with Crippen LogP contribution in [0.25, 0.3) is 0 Å². The minimum atomic E-state index is -4.58. The van der Waals surface area contributed by atoms with E-state index < -0.39 is 12.0 Å². The predicted octanol–water partition coefficient (Wildman–Crippen LogP) is 2.06. The number of fused-ring (bicyclic) bond motifs is 1. The van der Waals surface area contributed by atoms with Gasteiger partial charge in [-0.05, 0) is 24.1 Å². The number of thioether (sulfide) groups is 1. The number of benzene rings is 1. The van der Waals surface area contributed by atoms with E-state index in [1.54, 1.807) is 0 Å². The summed E-state index contributed by atoms with van der Waals surface area (Å²) in [7, 11) is 1.21. The Bertz CT molecular complexity index is 826. The zero-order valence-corrected chi connectivity index (χ0v) is 15.2. The SMILES string of the molecule is Cn1c(SCC(=O)NCCc2ccc3c(c2)OCCO3)nnc1C(F)(F)F. The van der Waals surface area contributed by atoms with Crippen LogP contribution in [-0.4, -0.2) is 46.2 Å². The summed E-state index contributed by atoms with van der Waals surface area (Å²) < 4.78 is 49.8. The summed E-state index contributed by atoms with van der Waals surface area (Å²) in [6.45, 7) is 1.42. The van der Waals surface area contributed by atoms with Crippen LogP contribution in [0.2, 0.25) is 0 Å². The maximum atomic E-state index is 12.7. The number of rotatable bonds is 6. The Morgan fingerprint density at radius 1 is 1.26 bits per heavy atom. The summed E-state index contributed by atoms with van der Waals surface area (Å²) in [6.07, 6.45) is -3.98. The highest BCUT2D eigenvalue weighted by molar-refractivity contribution is 7.99. The van der Waals surface area contributed by atoms with Gasteiger partial charge in [0.1, 0.15) is 13.2 Å². The van der Waals surface area contributed by atoms with Crippen molar-refractivity contribution in [3.05, 3.63) is 29.6 Å². The van der Waals surface area contributed by atoms with Crippen molar-refractivity contribution in [3.63, 3.8) is 0 Å². The summed E-state index contributed by atoms with van der Waals surface area (Å²) >= 11 is 0.898. The maximum Gasteiger partial charge on any atom is 0.451 e. The molecule has 0 radical (unpaired) electrons. The standard InChI is InChI=1S/C16H17F3N4O3S/c1-23-14(16(17,18)19)21-22-15(23)27-9-13(24)20-5-4-10-2-3-11-12(8-10)26-7-6-25-11/h2-3,8H,4-7,9H2,1H3,(H,20,24). The molecular weight excluding hydrogens is 385 g/mol. The van der Waals surface area contributed by atoms with Crippen molar-refractivity contribution < 1.29 is 27.4 Å². The molecule has 146 valence electrons. The average Bonchev–Trinajstić information content (AvgIpc) is 3.01. The van der Waals surface area contributed by atoms with E-state index in [0.29, 0.717) is 37.7 Å². The third-order valence-corrected chi connectivity index (χ3v) is 4.78. The number of carbonyl (C=O) groups excluding carboxylic acids is 1. The molecule has 0 bridgehead atoms. The van der Waals surface area contributed by atoms with Gasteiger partial charge in [-0.2, -0.15) is 13.2 Å². The summed E-state index contributed by atoms with van der Waals surface area (Å²) in [6, 6.07) is 5.59. The zero-order valence-electron chi connectivity index (χ0n) is 14.4. The average molecular weight is 402 g/mol. The highest BCUT2D eigenvalue weighted by atomic mass is 32.2. The van der Waals surface area contributed by atoms with Crippen LogP contribution in [0.3, 0.4) is 0 Å². The molecule has 0 fully saturated rings. The van der Waals surface area contributed by atoms with Crippen LogP contribution in [0, 0.1) is 0 Å². The van der Waals surface area contributed by atoms with E-state index in [2.05, 4.69) is 15.5 Å². The lowest BCUT2D eigenvalue weighted by atomic mass is 10.1. The largest absolute Gasteiger partial charge is 0.486 e. The molecule has 1 aromatic carbocycles. The molecule has 1 aliphatic heterocycles. The molecule has 2 heterocycles. The fourth-order valence-electron chi connectivity index (χ4n) is 2.46. The van der Waals surface area contributed by atoms with E-state index >= 15 is 0 Å². The number of halogens is 3. The van der Waals surface area contributed by atoms with Crippen molar-refractivity contribution in [1.82, 2.24) is 20.1 Å². The van der Waals surface area contributed by atoms with Crippen molar-refractivity contribution >= 4 is 17.7 Å². The van der Waals surface area contributed by atoms with Crippen LogP contribution < -0.4 is 14.8 Å². The zero-order chi connectivity index (χ0) is 19.4. The van der Waals surface area contributed by atoms with Gasteiger partial charge in [-0.15, -0.1) is 10.2 Å². The molecule has 2 aromatic rings. The van der Waals surface area contributed by atoms with Crippen LogP contribution >= 0.6 is 11.8 Å². The Morgan fingerprint density at radius 3 is 2.70 bits per heavy atom. The third kappa shape index (κ3) is 4.85. The number of alkyl halides is 3. The molecule has 0 unspecified atom stereocenters. The molecule has 1 aliphatic rings. The molecule has 0 saturated heterocycles. The second-order valence-corrected chi connectivity index (χ2v) is 6.67. The monoisotopic (exact) mass is 402 g/mol. The van der Waals surface area contributed by atoms with Crippen LogP contribution in [0.5, 0.6) is 11.5 Å². The summed E-state index contributed by atoms with van der Waals surface area (Å²) in [5, 5.41) is 9.35. The van der Waals surface area contributed by atoms with Gasteiger partial charge >= 0.3 is 6.18 Å². The van der Waals surface area contributed by atoms with Crippen LogP contribution in [0.1, 0.15) is 11.4 Å². The van der Waals surface area contributed by atoms with E-state index in [-0.39, 0.29) is 16.8 Å². The quantitative estimate of drug-likeness (QED) is 0.746. The molecule has 27 heavy (non-hydrogen) atoms. The van der Waals surface area contributed by atoms with Gasteiger partial charge < -0.3 is 19.4 Å². The fourth-order valence-corrected chi connectivity index (χ4v) is 3.20. The van der Waals surface area contributed by atoms with Gasteiger partial charge in [0.05, 0.1) is 5.75 Å². The molecule has 7 nitrogen and oxygen atoms in total. The minimum absolute atomic E-state index is 0.0318. The first-order valence-corrected chi connectivity index (χ1v) is 9.08. The molecule has 1 N–H and O–H groups in total. The smallest absolute Gasteiger partial charge is 0.451 e. The Kier molecular flexibility index (Phi) is 5.78. The molecular formula is C16H17F3N4O3S. The minimum Gasteiger partial charge on any atom is -0.486 e. The van der Waals surface area contributed by atoms with E-state index in [4.69, 9.17) is 9.47 Å². The predicted molar refractivity (Wildman–Crippen MR) is 90.9 cm³/mol. The number of carbonyl (C=O) groups is 1. The number of aromatic nitrogens is 3. The molecule has 11 heteroatoms. The van der Waals surface area contributed by atoms with E-state index in [1.165, 1.54) is 7.05 Å². The lowest BCUT2D eigenvalue weighted by molar-refractivity contribution is -0.147. The number of hydrogen-bond acceptors (Lipinski definition) is 6. The van der Waals surface area contributed by atoms with Gasteiger partial charge in [0.25, 0.3) is 0 Å². The van der Waals surface area contributed by atoms with Crippen molar-refractivity contribution in [2.45, 2.75) is 17.8 Å². The van der Waals surface area contributed by atoms with Gasteiger partial charge in [0.2, 0.25) is 11.7 Å². The number of nitrogens with one attached hydrogen (secondary N) is 1. The highest BCUT2D eigenvalue weighted by Gasteiger charge is 2.37. The van der Waals surface area contributed by atoms with Crippen LogP contribution in [0.15, 0.2) is 23.4 Å². The number of ether oxygens (including phenoxy) is 2. The lowest BCUT2D eigenvalue weighted by Crippen LogP contribution is -2.27. The Hall–Kier alpha value is -2.43. The molecule has 1 aromatic heterocycles. The van der Waals surface area contributed by atoms with Crippen molar-refractivity contribution in [1.29, 1.82) is 0 Å². The second kappa shape index (κ2) is 8.07. The fraction of sp³-hybridized carbons (Fsp3) is 0.438. The van der Waals surface area contributed by atoms with Gasteiger partial charge in [0.15, 0.2) is 16.7 Å². The highest BCUT2D eigenvalue weighted by Crippen LogP contribution is 2.31. The number of nitrogens with zero attached hydrogens (tertiary/aromatic N) is 3. The first-order chi connectivity index (χ1) is 12.8. The van der Waals surface area contributed by atoms with Gasteiger partial charge in [0, 0.05) is 13.6 Å². The summed E-state index contributed by atoms with van der Waals surface area (Å²) in [5.74, 6) is -0.0563. The molecule has 0 aliphatic carbocycles. The first-order valence-electron chi connectivity index (χ1n) is 8.09. The molecule has 1 amide bonds. The van der Waals surface area contributed by atoms with Gasteiger partial charge in [-0.1, -0.05) is 17.8 Å². The first kappa shape index (κ1) is 19.3.